The minimum Gasteiger partial charge on any atom is -0.374 e. The van der Waals surface area contributed by atoms with Gasteiger partial charge in [-0.2, -0.15) is 5.26 Å². The van der Waals surface area contributed by atoms with Crippen LogP contribution in [-0.4, -0.2) is 23.9 Å². The van der Waals surface area contributed by atoms with E-state index in [4.69, 9.17) is 9.99 Å². The molecule has 0 unspecified atom stereocenters. The van der Waals surface area contributed by atoms with Crippen LogP contribution in [0.3, 0.4) is 0 Å². The lowest BCUT2D eigenvalue weighted by Gasteiger charge is -2.29. The Hall–Kier alpha value is -1.13. The average Bonchev–Trinajstić information content (AvgIpc) is 2.61. The monoisotopic (exact) mass is 338 g/mol. The van der Waals surface area contributed by atoms with Gasteiger partial charge in [0.25, 0.3) is 0 Å². The van der Waals surface area contributed by atoms with E-state index in [1.54, 1.807) is 0 Å². The van der Waals surface area contributed by atoms with E-state index in [1.807, 2.05) is 0 Å². The molecule has 0 bridgehead atoms. The van der Waals surface area contributed by atoms with Crippen LogP contribution in [-0.2, 0) is 14.4 Å². The zero-order valence-electron chi connectivity index (χ0n) is 15.1. The second kappa shape index (κ2) is 14.2. The maximum atomic E-state index is 10.8. The number of rotatable bonds is 12. The molecule has 0 aliphatic carbocycles. The van der Waals surface area contributed by atoms with Gasteiger partial charge in [0.2, 0.25) is 0 Å². The third kappa shape index (κ3) is 9.89. The molecule has 4 nitrogen and oxygen atoms in total. The van der Waals surface area contributed by atoms with E-state index in [1.165, 1.54) is 32.1 Å². The second-order valence-corrected chi connectivity index (χ2v) is 6.58. The predicted molar refractivity (Wildman–Crippen MR) is 96.7 cm³/mol. The van der Waals surface area contributed by atoms with Crippen molar-refractivity contribution in [1.82, 2.24) is 0 Å². The highest BCUT2D eigenvalue weighted by atomic mass is 17.1. The lowest BCUT2D eigenvalue weighted by molar-refractivity contribution is -0.234. The van der Waals surface area contributed by atoms with Gasteiger partial charge in [0.05, 0.1) is 6.10 Å². The summed E-state index contributed by atoms with van der Waals surface area (Å²) in [5.74, 6) is -0.00230. The predicted octanol–water partition coefficient (Wildman–Crippen LogP) is 5.44. The van der Waals surface area contributed by atoms with E-state index >= 15 is 0 Å². The first-order valence-electron chi connectivity index (χ1n) is 9.55. The summed E-state index contributed by atoms with van der Waals surface area (Å²) >= 11 is 0. The fourth-order valence-corrected chi connectivity index (χ4v) is 3.05. The first-order valence-corrected chi connectivity index (χ1v) is 9.55. The standard InChI is InChI=1S/C20H34O4/c1-2-3-4-5-6-10-15-19-18(14-12-17-23-19)13-9-7-8-11-16-20(21)24-22/h7,9-10,15,18-19,22H,2-6,8,11-14,16-17H2,1H3/t18-,19+/m0/s1. The molecule has 0 spiro atoms. The average molecular weight is 338 g/mol. The van der Waals surface area contributed by atoms with E-state index in [9.17, 15) is 4.79 Å². The van der Waals surface area contributed by atoms with Gasteiger partial charge in [-0.05, 0) is 50.9 Å². The van der Waals surface area contributed by atoms with Gasteiger partial charge < -0.3 is 9.62 Å². The maximum Gasteiger partial charge on any atom is 0.342 e. The van der Waals surface area contributed by atoms with E-state index in [0.29, 0.717) is 12.3 Å². The molecule has 0 radical (unpaired) electrons. The normalized spacial score (nSPS) is 21.6. The molecule has 0 aromatic carbocycles. The number of allylic oxidation sites excluding steroid dienone is 3. The van der Waals surface area contributed by atoms with Crippen molar-refractivity contribution >= 4 is 5.97 Å². The Labute approximate surface area is 146 Å². The van der Waals surface area contributed by atoms with Crippen molar-refractivity contribution in [3.63, 3.8) is 0 Å². The van der Waals surface area contributed by atoms with Gasteiger partial charge in [0.1, 0.15) is 0 Å². The molecule has 1 aliphatic heterocycles. The van der Waals surface area contributed by atoms with Crippen molar-refractivity contribution in [1.29, 1.82) is 0 Å². The van der Waals surface area contributed by atoms with Crippen molar-refractivity contribution in [3.8, 4) is 0 Å². The molecule has 0 amide bonds. The van der Waals surface area contributed by atoms with Crippen LogP contribution in [0, 0.1) is 5.92 Å². The molecule has 1 N–H and O–H groups in total. The molecule has 1 fully saturated rings. The van der Waals surface area contributed by atoms with E-state index in [0.717, 1.165) is 32.3 Å². The number of ether oxygens (including phenoxy) is 1. The molecule has 1 saturated heterocycles. The van der Waals surface area contributed by atoms with Crippen molar-refractivity contribution in [2.24, 2.45) is 5.92 Å². The highest BCUT2D eigenvalue weighted by Crippen LogP contribution is 2.25. The molecule has 1 aliphatic rings. The number of hydrogen-bond acceptors (Lipinski definition) is 4. The van der Waals surface area contributed by atoms with Crippen molar-refractivity contribution < 1.29 is 19.7 Å². The molecule has 2 atom stereocenters. The van der Waals surface area contributed by atoms with Crippen LogP contribution in [0.15, 0.2) is 24.3 Å². The van der Waals surface area contributed by atoms with E-state index in [2.05, 4.69) is 36.1 Å². The molecule has 4 heteroatoms. The highest BCUT2D eigenvalue weighted by Gasteiger charge is 2.22. The summed E-state index contributed by atoms with van der Waals surface area (Å²) in [7, 11) is 0. The Bertz CT molecular complexity index is 376. The van der Waals surface area contributed by atoms with Gasteiger partial charge in [-0.3, -0.25) is 0 Å². The maximum absolute atomic E-state index is 10.8. The summed E-state index contributed by atoms with van der Waals surface area (Å²) in [6, 6.07) is 0. The van der Waals surface area contributed by atoms with Crippen molar-refractivity contribution in [2.45, 2.75) is 83.7 Å². The van der Waals surface area contributed by atoms with Gasteiger partial charge in [0, 0.05) is 13.0 Å². The lowest BCUT2D eigenvalue weighted by Crippen LogP contribution is -2.27. The van der Waals surface area contributed by atoms with Crippen LogP contribution in [0.4, 0.5) is 0 Å². The summed E-state index contributed by atoms with van der Waals surface area (Å²) in [5, 5.41) is 8.18. The number of hydrogen-bond donors (Lipinski definition) is 1. The number of carbonyl (C=O) groups excluding carboxylic acids is 1. The van der Waals surface area contributed by atoms with E-state index < -0.39 is 5.97 Å². The molecule has 24 heavy (non-hydrogen) atoms. The van der Waals surface area contributed by atoms with Crippen LogP contribution in [0.2, 0.25) is 0 Å². The second-order valence-electron chi connectivity index (χ2n) is 6.58. The van der Waals surface area contributed by atoms with Crippen LogP contribution in [0.5, 0.6) is 0 Å². The van der Waals surface area contributed by atoms with Crippen LogP contribution < -0.4 is 0 Å². The fourth-order valence-electron chi connectivity index (χ4n) is 3.05. The molecule has 1 rings (SSSR count). The smallest absolute Gasteiger partial charge is 0.342 e. The summed E-state index contributed by atoms with van der Waals surface area (Å²) in [6.45, 7) is 3.11. The first-order chi connectivity index (χ1) is 11.8. The van der Waals surface area contributed by atoms with Crippen LogP contribution in [0.25, 0.3) is 0 Å². The molecule has 0 saturated carbocycles. The largest absolute Gasteiger partial charge is 0.374 e. The molecule has 0 aromatic rings. The third-order valence-electron chi connectivity index (χ3n) is 4.50. The molecule has 1 heterocycles. The van der Waals surface area contributed by atoms with E-state index in [-0.39, 0.29) is 12.5 Å². The third-order valence-corrected chi connectivity index (χ3v) is 4.50. The Morgan fingerprint density at radius 1 is 1.17 bits per heavy atom. The van der Waals surface area contributed by atoms with Gasteiger partial charge in [-0.15, -0.1) is 0 Å². The zero-order chi connectivity index (χ0) is 17.5. The lowest BCUT2D eigenvalue weighted by atomic mass is 9.90. The van der Waals surface area contributed by atoms with Crippen molar-refractivity contribution in [2.75, 3.05) is 6.61 Å². The van der Waals surface area contributed by atoms with Gasteiger partial charge in [-0.1, -0.05) is 50.5 Å². The topological polar surface area (TPSA) is 55.8 Å². The Balaban J connectivity index is 2.22. The van der Waals surface area contributed by atoms with Crippen LogP contribution >= 0.6 is 0 Å². The highest BCUT2D eigenvalue weighted by molar-refractivity contribution is 5.68. The molecule has 0 aromatic heterocycles. The Morgan fingerprint density at radius 2 is 2.00 bits per heavy atom. The molecular formula is C20H34O4. The summed E-state index contributed by atoms with van der Waals surface area (Å²) < 4.78 is 5.93. The van der Waals surface area contributed by atoms with Crippen LogP contribution in [0.1, 0.15) is 77.6 Å². The molecule has 138 valence electrons. The SMILES string of the molecule is CCCCCCC=C[C@H]1OCCC[C@@H]1CC=CCCCC(=O)OO. The minimum atomic E-state index is -0.562. The quantitative estimate of drug-likeness (QED) is 0.223. The number of unbranched alkanes of at least 4 members (excludes halogenated alkanes) is 5. The Kier molecular flexibility index (Phi) is 12.4. The summed E-state index contributed by atoms with van der Waals surface area (Å²) in [4.78, 5) is 14.4. The number of carbonyl (C=O) groups is 1. The van der Waals surface area contributed by atoms with Gasteiger partial charge in [-0.25, -0.2) is 4.79 Å². The summed E-state index contributed by atoms with van der Waals surface area (Å²) in [5.41, 5.74) is 0. The first kappa shape index (κ1) is 20.9. The Morgan fingerprint density at radius 3 is 2.79 bits per heavy atom. The van der Waals surface area contributed by atoms with Gasteiger partial charge in [0.15, 0.2) is 0 Å². The minimum absolute atomic E-state index is 0.249. The van der Waals surface area contributed by atoms with Gasteiger partial charge >= 0.3 is 5.97 Å². The fraction of sp³-hybridized carbons (Fsp3) is 0.750. The molecular weight excluding hydrogens is 304 g/mol. The summed E-state index contributed by atoms with van der Waals surface area (Å²) in [6.07, 6.45) is 20.7. The zero-order valence-corrected chi connectivity index (χ0v) is 15.1. The van der Waals surface area contributed by atoms with Crippen molar-refractivity contribution in [3.05, 3.63) is 24.3 Å².